The second kappa shape index (κ2) is 5.21. The molecule has 2 N–H and O–H groups in total. The Bertz CT molecular complexity index is 285. The SMILES string of the molecule is CCCCOC(=O)C1(C)N=C(N)SC1Br. The summed E-state index contributed by atoms with van der Waals surface area (Å²) in [6, 6.07) is 0. The molecule has 1 aliphatic heterocycles. The van der Waals surface area contributed by atoms with Gasteiger partial charge in [0.1, 0.15) is 4.16 Å². The molecule has 0 radical (unpaired) electrons. The van der Waals surface area contributed by atoms with Crippen molar-refractivity contribution in [2.75, 3.05) is 6.61 Å². The Morgan fingerprint density at radius 1 is 1.80 bits per heavy atom. The van der Waals surface area contributed by atoms with Gasteiger partial charge >= 0.3 is 5.97 Å². The van der Waals surface area contributed by atoms with Crippen LogP contribution in [0.3, 0.4) is 0 Å². The van der Waals surface area contributed by atoms with Gasteiger partial charge in [-0.25, -0.2) is 9.79 Å². The molecule has 2 unspecified atom stereocenters. The number of unbranched alkanes of at least 4 members (excludes halogenated alkanes) is 1. The van der Waals surface area contributed by atoms with Crippen molar-refractivity contribution < 1.29 is 9.53 Å². The Kier molecular flexibility index (Phi) is 4.45. The van der Waals surface area contributed by atoms with Gasteiger partial charge < -0.3 is 10.5 Å². The first-order chi connectivity index (χ1) is 7.00. The van der Waals surface area contributed by atoms with Gasteiger partial charge in [0.2, 0.25) is 0 Å². The van der Waals surface area contributed by atoms with Crippen LogP contribution in [0.1, 0.15) is 26.7 Å². The summed E-state index contributed by atoms with van der Waals surface area (Å²) < 4.78 is 5.00. The molecule has 4 nitrogen and oxygen atoms in total. The molecule has 0 aromatic heterocycles. The number of esters is 1. The normalized spacial score (nSPS) is 30.1. The number of carbonyl (C=O) groups excluding carboxylic acids is 1. The van der Waals surface area contributed by atoms with E-state index in [2.05, 4.69) is 20.9 Å². The maximum Gasteiger partial charge on any atom is 0.335 e. The number of thioether (sulfide) groups is 1. The number of amidine groups is 1. The van der Waals surface area contributed by atoms with Crippen LogP contribution in [0.25, 0.3) is 0 Å². The topological polar surface area (TPSA) is 64.7 Å². The molecule has 0 spiro atoms. The molecule has 0 aliphatic carbocycles. The van der Waals surface area contributed by atoms with Crippen molar-refractivity contribution in [3.8, 4) is 0 Å². The molecule has 2 atom stereocenters. The number of hydrogen-bond acceptors (Lipinski definition) is 5. The standard InChI is InChI=1S/C9H15BrN2O2S/c1-3-4-5-14-7(13)9(2)6(10)15-8(11)12-9/h6H,3-5H2,1-2H3,(H2,11,12). The summed E-state index contributed by atoms with van der Waals surface area (Å²) >= 11 is 4.72. The van der Waals surface area contributed by atoms with E-state index in [0.29, 0.717) is 11.8 Å². The van der Waals surface area contributed by atoms with Crippen LogP contribution in [-0.4, -0.2) is 27.4 Å². The van der Waals surface area contributed by atoms with Crippen LogP contribution >= 0.6 is 27.7 Å². The third kappa shape index (κ3) is 2.87. The van der Waals surface area contributed by atoms with Crippen molar-refractivity contribution in [3.63, 3.8) is 0 Å². The van der Waals surface area contributed by atoms with Crippen molar-refractivity contribution >= 4 is 38.8 Å². The minimum Gasteiger partial charge on any atom is -0.464 e. The molecule has 0 bridgehead atoms. The summed E-state index contributed by atoms with van der Waals surface area (Å²) in [5, 5.41) is 0.423. The van der Waals surface area contributed by atoms with E-state index in [-0.39, 0.29) is 10.1 Å². The number of alkyl halides is 1. The highest BCUT2D eigenvalue weighted by Crippen LogP contribution is 2.38. The first kappa shape index (κ1) is 12.8. The van der Waals surface area contributed by atoms with Gasteiger partial charge in [0, 0.05) is 0 Å². The summed E-state index contributed by atoms with van der Waals surface area (Å²) in [7, 11) is 0. The highest BCUT2D eigenvalue weighted by Gasteiger charge is 2.46. The maximum atomic E-state index is 11.8. The fraction of sp³-hybridized carbons (Fsp3) is 0.778. The number of carbonyl (C=O) groups is 1. The Morgan fingerprint density at radius 3 is 2.93 bits per heavy atom. The van der Waals surface area contributed by atoms with Gasteiger partial charge in [0.15, 0.2) is 10.7 Å². The van der Waals surface area contributed by atoms with Crippen molar-refractivity contribution in [1.82, 2.24) is 0 Å². The number of aliphatic imine (C=N–C) groups is 1. The van der Waals surface area contributed by atoms with Crippen molar-refractivity contribution in [2.45, 2.75) is 36.4 Å². The smallest absolute Gasteiger partial charge is 0.335 e. The fourth-order valence-electron chi connectivity index (χ4n) is 1.12. The van der Waals surface area contributed by atoms with E-state index in [1.807, 2.05) is 6.92 Å². The lowest BCUT2D eigenvalue weighted by Crippen LogP contribution is -2.39. The number of ether oxygens (including phenoxy) is 1. The van der Waals surface area contributed by atoms with Crippen LogP contribution in [0.4, 0.5) is 0 Å². The van der Waals surface area contributed by atoms with Gasteiger partial charge in [-0.05, 0) is 13.3 Å². The van der Waals surface area contributed by atoms with Crippen LogP contribution in [0, 0.1) is 0 Å². The molecule has 0 saturated heterocycles. The zero-order valence-corrected chi connectivity index (χ0v) is 11.2. The summed E-state index contributed by atoms with van der Waals surface area (Å²) in [5.74, 6) is -0.314. The third-order valence-corrected chi connectivity index (χ3v) is 4.60. The average Bonchev–Trinajstić information content (AvgIpc) is 2.42. The van der Waals surface area contributed by atoms with Crippen molar-refractivity contribution in [2.24, 2.45) is 10.7 Å². The molecular formula is C9H15BrN2O2S. The molecule has 0 aromatic rings. The lowest BCUT2D eigenvalue weighted by Gasteiger charge is -2.21. The van der Waals surface area contributed by atoms with Crippen LogP contribution in [-0.2, 0) is 9.53 Å². The molecule has 0 aromatic carbocycles. The van der Waals surface area contributed by atoms with E-state index in [4.69, 9.17) is 10.5 Å². The second-order valence-electron chi connectivity index (χ2n) is 3.52. The molecule has 1 rings (SSSR count). The Morgan fingerprint density at radius 2 is 2.47 bits per heavy atom. The summed E-state index contributed by atoms with van der Waals surface area (Å²) in [6.45, 7) is 4.22. The first-order valence-electron chi connectivity index (χ1n) is 4.84. The Balaban J connectivity index is 2.57. The maximum absolute atomic E-state index is 11.8. The van der Waals surface area contributed by atoms with Gasteiger partial charge in [-0.3, -0.25) is 0 Å². The molecule has 0 fully saturated rings. The summed E-state index contributed by atoms with van der Waals surface area (Å²) in [5.41, 5.74) is 4.68. The largest absolute Gasteiger partial charge is 0.464 e. The molecule has 1 aliphatic rings. The quantitative estimate of drug-likeness (QED) is 0.488. The molecule has 0 amide bonds. The first-order valence-corrected chi connectivity index (χ1v) is 6.63. The monoisotopic (exact) mass is 294 g/mol. The fourth-order valence-corrected chi connectivity index (χ4v) is 2.82. The minimum atomic E-state index is -0.886. The van der Waals surface area contributed by atoms with Gasteiger partial charge in [-0.2, -0.15) is 0 Å². The van der Waals surface area contributed by atoms with Gasteiger partial charge in [0.05, 0.1) is 6.61 Å². The number of halogens is 1. The summed E-state index contributed by atoms with van der Waals surface area (Å²) in [6.07, 6.45) is 1.88. The van der Waals surface area contributed by atoms with E-state index in [9.17, 15) is 4.79 Å². The van der Waals surface area contributed by atoms with Gasteiger partial charge in [-0.1, -0.05) is 41.0 Å². The number of hydrogen-bond donors (Lipinski definition) is 1. The molecule has 15 heavy (non-hydrogen) atoms. The predicted octanol–water partition coefficient (Wildman–Crippen LogP) is 1.87. The number of nitrogens with zero attached hydrogens (tertiary/aromatic N) is 1. The van der Waals surface area contributed by atoms with E-state index in [1.54, 1.807) is 6.92 Å². The van der Waals surface area contributed by atoms with Crippen LogP contribution in [0.5, 0.6) is 0 Å². The van der Waals surface area contributed by atoms with E-state index < -0.39 is 5.54 Å². The van der Waals surface area contributed by atoms with Gasteiger partial charge in [-0.15, -0.1) is 0 Å². The lowest BCUT2D eigenvalue weighted by molar-refractivity contribution is -0.148. The Hall–Kier alpha value is -0.230. The summed E-state index contributed by atoms with van der Waals surface area (Å²) in [4.78, 5) is 15.9. The average molecular weight is 295 g/mol. The third-order valence-electron chi connectivity index (χ3n) is 2.15. The highest BCUT2D eigenvalue weighted by atomic mass is 79.9. The lowest BCUT2D eigenvalue weighted by atomic mass is 10.1. The molecule has 86 valence electrons. The number of nitrogens with two attached hydrogens (primary N) is 1. The minimum absolute atomic E-state index is 0.140. The van der Waals surface area contributed by atoms with Crippen LogP contribution in [0.15, 0.2) is 4.99 Å². The van der Waals surface area contributed by atoms with Crippen LogP contribution < -0.4 is 5.73 Å². The van der Waals surface area contributed by atoms with Crippen molar-refractivity contribution in [1.29, 1.82) is 0 Å². The van der Waals surface area contributed by atoms with E-state index >= 15 is 0 Å². The zero-order chi connectivity index (χ0) is 11.5. The Labute approximate surface area is 102 Å². The molecule has 1 heterocycles. The number of rotatable bonds is 4. The highest BCUT2D eigenvalue weighted by molar-refractivity contribution is 9.11. The molecule has 0 saturated carbocycles. The van der Waals surface area contributed by atoms with E-state index in [0.717, 1.165) is 12.8 Å². The van der Waals surface area contributed by atoms with Crippen LogP contribution in [0.2, 0.25) is 0 Å². The zero-order valence-electron chi connectivity index (χ0n) is 8.83. The second-order valence-corrected chi connectivity index (χ2v) is 6.17. The van der Waals surface area contributed by atoms with Crippen molar-refractivity contribution in [3.05, 3.63) is 0 Å². The van der Waals surface area contributed by atoms with E-state index in [1.165, 1.54) is 11.8 Å². The molecular weight excluding hydrogens is 280 g/mol. The van der Waals surface area contributed by atoms with Gasteiger partial charge in [0.25, 0.3) is 0 Å². The molecule has 6 heteroatoms. The predicted molar refractivity (Wildman–Crippen MR) is 66.2 cm³/mol.